The van der Waals surface area contributed by atoms with Crippen LogP contribution in [0.1, 0.15) is 60.8 Å². The summed E-state index contributed by atoms with van der Waals surface area (Å²) in [6.07, 6.45) is 7.59. The smallest absolute Gasteiger partial charge is 0.275 e. The summed E-state index contributed by atoms with van der Waals surface area (Å²) in [7, 11) is 0. The Bertz CT molecular complexity index is 849. The van der Waals surface area contributed by atoms with Gasteiger partial charge < -0.3 is 4.90 Å². The van der Waals surface area contributed by atoms with Gasteiger partial charge in [-0.1, -0.05) is 0 Å². The molecule has 2 saturated carbocycles. The fraction of sp³-hybridized carbons (Fsp3) is 0.524. The number of carbonyl (C=O) groups excluding carboxylic acids is 1. The van der Waals surface area contributed by atoms with E-state index >= 15 is 0 Å². The van der Waals surface area contributed by atoms with Crippen LogP contribution in [0.3, 0.4) is 0 Å². The molecule has 3 aliphatic rings. The van der Waals surface area contributed by atoms with Gasteiger partial charge in [-0.25, -0.2) is 9.07 Å². The van der Waals surface area contributed by atoms with Crippen LogP contribution in [0.25, 0.3) is 5.69 Å². The molecule has 1 amide bonds. The average Bonchev–Trinajstić information content (AvgIpc) is 3.55. The molecular formula is C21H24FN3O. The Morgan fingerprint density at radius 2 is 1.92 bits per heavy atom. The van der Waals surface area contributed by atoms with Gasteiger partial charge in [0.2, 0.25) is 0 Å². The molecule has 0 aliphatic heterocycles. The van der Waals surface area contributed by atoms with Gasteiger partial charge in [-0.3, -0.25) is 4.79 Å². The minimum Gasteiger partial charge on any atom is -0.331 e. The van der Waals surface area contributed by atoms with E-state index in [2.05, 4.69) is 11.8 Å². The van der Waals surface area contributed by atoms with E-state index in [4.69, 9.17) is 5.10 Å². The molecule has 0 bridgehead atoms. The zero-order chi connectivity index (χ0) is 17.8. The number of nitrogens with zero attached hydrogens (tertiary/aromatic N) is 3. The first-order valence-corrected chi connectivity index (χ1v) is 9.83. The molecule has 0 N–H and O–H groups in total. The van der Waals surface area contributed by atoms with Crippen molar-refractivity contribution in [2.24, 2.45) is 5.92 Å². The number of rotatable bonds is 5. The molecule has 2 aromatic rings. The second-order valence-corrected chi connectivity index (χ2v) is 8.04. The number of carbonyl (C=O) groups is 1. The van der Waals surface area contributed by atoms with Crippen LogP contribution in [0.5, 0.6) is 0 Å². The highest BCUT2D eigenvalue weighted by molar-refractivity contribution is 5.95. The molecule has 4 nitrogen and oxygen atoms in total. The van der Waals surface area contributed by atoms with E-state index in [0.717, 1.165) is 49.0 Å². The third-order valence-electron chi connectivity index (χ3n) is 6.12. The van der Waals surface area contributed by atoms with E-state index in [1.54, 1.807) is 12.1 Å². The van der Waals surface area contributed by atoms with E-state index in [9.17, 15) is 9.18 Å². The van der Waals surface area contributed by atoms with Gasteiger partial charge in [0, 0.05) is 23.3 Å². The number of amides is 1. The van der Waals surface area contributed by atoms with Crippen LogP contribution in [-0.4, -0.2) is 32.7 Å². The van der Waals surface area contributed by atoms with Crippen LogP contribution in [0.4, 0.5) is 4.39 Å². The molecule has 5 heteroatoms. The topological polar surface area (TPSA) is 38.1 Å². The highest BCUT2D eigenvalue weighted by atomic mass is 19.1. The molecule has 0 saturated heterocycles. The average molecular weight is 353 g/mol. The molecule has 1 aromatic carbocycles. The first kappa shape index (κ1) is 16.0. The second-order valence-electron chi connectivity index (χ2n) is 8.04. The standard InChI is InChI=1S/C21H24FN3O/c1-13(14-5-6-14)24(16-11-12-16)21(26)20-18-3-2-4-19(18)25(23-20)17-9-7-15(22)8-10-17/h7-10,13-14,16H,2-6,11-12H2,1H3/t13-/m0/s1. The fourth-order valence-corrected chi connectivity index (χ4v) is 4.37. The van der Waals surface area contributed by atoms with Crippen LogP contribution in [0, 0.1) is 11.7 Å². The minimum atomic E-state index is -0.257. The molecule has 0 unspecified atom stereocenters. The van der Waals surface area contributed by atoms with Gasteiger partial charge in [0.15, 0.2) is 5.69 Å². The number of fused-ring (bicyclic) bond motifs is 1. The van der Waals surface area contributed by atoms with Crippen LogP contribution in [0.15, 0.2) is 24.3 Å². The van der Waals surface area contributed by atoms with Crippen molar-refractivity contribution >= 4 is 5.91 Å². The van der Waals surface area contributed by atoms with Crippen LogP contribution in [-0.2, 0) is 12.8 Å². The third-order valence-corrected chi connectivity index (χ3v) is 6.12. The van der Waals surface area contributed by atoms with Crippen LogP contribution in [0.2, 0.25) is 0 Å². The molecule has 0 radical (unpaired) electrons. The summed E-state index contributed by atoms with van der Waals surface area (Å²) in [5, 5.41) is 4.73. The maximum Gasteiger partial charge on any atom is 0.275 e. The lowest BCUT2D eigenvalue weighted by Crippen LogP contribution is -2.42. The van der Waals surface area contributed by atoms with Gasteiger partial charge in [-0.15, -0.1) is 0 Å². The zero-order valence-corrected chi connectivity index (χ0v) is 15.1. The molecule has 2 fully saturated rings. The summed E-state index contributed by atoms with van der Waals surface area (Å²) in [4.78, 5) is 15.6. The van der Waals surface area contributed by atoms with Crippen molar-refractivity contribution in [2.75, 3.05) is 0 Å². The highest BCUT2D eigenvalue weighted by Gasteiger charge is 2.43. The van der Waals surface area contributed by atoms with E-state index in [0.29, 0.717) is 23.7 Å². The van der Waals surface area contributed by atoms with Gasteiger partial charge in [0.05, 0.1) is 5.69 Å². The molecule has 26 heavy (non-hydrogen) atoms. The van der Waals surface area contributed by atoms with Gasteiger partial charge in [-0.05, 0) is 82.1 Å². The predicted octanol–water partition coefficient (Wildman–Crippen LogP) is 3.90. The maximum absolute atomic E-state index is 13.4. The fourth-order valence-electron chi connectivity index (χ4n) is 4.37. The molecule has 0 spiro atoms. The molecular weight excluding hydrogens is 329 g/mol. The molecule has 1 heterocycles. The lowest BCUT2D eigenvalue weighted by molar-refractivity contribution is 0.0646. The Labute approximate surface area is 153 Å². The van der Waals surface area contributed by atoms with Crippen molar-refractivity contribution in [3.8, 4) is 5.69 Å². The molecule has 5 rings (SSSR count). The van der Waals surface area contributed by atoms with Crippen LogP contribution < -0.4 is 0 Å². The normalized spacial score (nSPS) is 20.1. The minimum absolute atomic E-state index is 0.103. The SMILES string of the molecule is C[C@@H](C1CC1)N(C(=O)c1nn(-c2ccc(F)cc2)c2c1CCC2)C1CC1. The second kappa shape index (κ2) is 5.93. The molecule has 1 atom stereocenters. The van der Waals surface area contributed by atoms with Crippen molar-refractivity contribution in [2.45, 2.75) is 64.0 Å². The third kappa shape index (κ3) is 2.65. The highest BCUT2D eigenvalue weighted by Crippen LogP contribution is 2.41. The first-order valence-electron chi connectivity index (χ1n) is 9.83. The van der Waals surface area contributed by atoms with E-state index in [1.807, 2.05) is 4.68 Å². The number of hydrogen-bond donors (Lipinski definition) is 0. The summed E-state index contributed by atoms with van der Waals surface area (Å²) in [5.74, 6) is 0.504. The quantitative estimate of drug-likeness (QED) is 0.817. The van der Waals surface area contributed by atoms with Gasteiger partial charge in [-0.2, -0.15) is 5.10 Å². The molecule has 136 valence electrons. The Morgan fingerprint density at radius 3 is 2.58 bits per heavy atom. The number of hydrogen-bond acceptors (Lipinski definition) is 2. The summed E-state index contributed by atoms with van der Waals surface area (Å²) >= 11 is 0. The van der Waals surface area contributed by atoms with Crippen molar-refractivity contribution < 1.29 is 9.18 Å². The first-order chi connectivity index (χ1) is 12.6. The zero-order valence-electron chi connectivity index (χ0n) is 15.1. The van der Waals surface area contributed by atoms with E-state index in [-0.39, 0.29) is 11.7 Å². The lowest BCUT2D eigenvalue weighted by atomic mass is 10.1. The van der Waals surface area contributed by atoms with E-state index < -0.39 is 0 Å². The van der Waals surface area contributed by atoms with Crippen molar-refractivity contribution in [1.82, 2.24) is 14.7 Å². The maximum atomic E-state index is 13.4. The summed E-state index contributed by atoms with van der Waals surface area (Å²) < 4.78 is 15.2. The molecule has 1 aromatic heterocycles. The lowest BCUT2D eigenvalue weighted by Gasteiger charge is -2.29. The van der Waals surface area contributed by atoms with Crippen molar-refractivity contribution in [3.05, 3.63) is 47.0 Å². The monoisotopic (exact) mass is 353 g/mol. The Balaban J connectivity index is 1.53. The summed E-state index contributed by atoms with van der Waals surface area (Å²) in [6, 6.07) is 7.08. The largest absolute Gasteiger partial charge is 0.331 e. The van der Waals surface area contributed by atoms with Gasteiger partial charge in [0.25, 0.3) is 5.91 Å². The number of halogens is 1. The number of aromatic nitrogens is 2. The van der Waals surface area contributed by atoms with Gasteiger partial charge >= 0.3 is 0 Å². The summed E-state index contributed by atoms with van der Waals surface area (Å²) in [5.41, 5.74) is 3.68. The van der Waals surface area contributed by atoms with Gasteiger partial charge in [0.1, 0.15) is 5.82 Å². The Hall–Kier alpha value is -2.17. The van der Waals surface area contributed by atoms with E-state index in [1.165, 1.54) is 25.0 Å². The number of benzene rings is 1. The predicted molar refractivity (Wildman–Crippen MR) is 96.9 cm³/mol. The molecule has 3 aliphatic carbocycles. The van der Waals surface area contributed by atoms with Crippen molar-refractivity contribution in [1.29, 1.82) is 0 Å². The summed E-state index contributed by atoms with van der Waals surface area (Å²) in [6.45, 7) is 2.20. The Morgan fingerprint density at radius 1 is 1.19 bits per heavy atom. The van der Waals surface area contributed by atoms with Crippen molar-refractivity contribution in [3.63, 3.8) is 0 Å². The Kier molecular flexibility index (Phi) is 3.66. The van der Waals surface area contributed by atoms with Crippen LogP contribution >= 0.6 is 0 Å².